The van der Waals surface area contributed by atoms with Crippen LogP contribution < -0.4 is 15.8 Å². The molecule has 2 unspecified atom stereocenters. The SMILES string of the molecule is O=c1cccc2n1CC1CC2CN(c2cc(Nc3ccccn3)c([N+](=O)[O-])c3nonc23)C1. The first-order chi connectivity index (χ1) is 16.1. The van der Waals surface area contributed by atoms with Crippen LogP contribution in [0.1, 0.15) is 18.0 Å². The molecule has 3 aromatic heterocycles. The predicted octanol–water partition coefficient (Wildman–Crippen LogP) is 3.06. The fraction of sp³-hybridized carbons (Fsp3) is 0.273. The quantitative estimate of drug-likeness (QED) is 0.372. The van der Waals surface area contributed by atoms with Crippen LogP contribution in [-0.4, -0.2) is 37.9 Å². The summed E-state index contributed by atoms with van der Waals surface area (Å²) in [5.41, 5.74) is 2.24. The smallest absolute Gasteiger partial charge is 0.324 e. The first-order valence-corrected chi connectivity index (χ1v) is 10.6. The molecule has 0 aliphatic carbocycles. The topological polar surface area (TPSA) is 132 Å². The van der Waals surface area contributed by atoms with Crippen molar-refractivity contribution in [2.75, 3.05) is 23.3 Å². The van der Waals surface area contributed by atoms with Gasteiger partial charge in [-0.1, -0.05) is 12.1 Å². The molecule has 2 aliphatic rings. The van der Waals surface area contributed by atoms with Gasteiger partial charge in [0.2, 0.25) is 5.52 Å². The van der Waals surface area contributed by atoms with Crippen molar-refractivity contribution in [1.29, 1.82) is 0 Å². The first kappa shape index (κ1) is 19.4. The van der Waals surface area contributed by atoms with E-state index >= 15 is 0 Å². The average molecular weight is 445 g/mol. The lowest BCUT2D eigenvalue weighted by Gasteiger charge is -2.43. The van der Waals surface area contributed by atoms with Crippen molar-refractivity contribution in [3.8, 4) is 0 Å². The van der Waals surface area contributed by atoms with E-state index in [0.29, 0.717) is 36.7 Å². The summed E-state index contributed by atoms with van der Waals surface area (Å²) in [7, 11) is 0. The third-order valence-electron chi connectivity index (χ3n) is 6.42. The molecule has 1 N–H and O–H groups in total. The third-order valence-corrected chi connectivity index (χ3v) is 6.42. The number of nitrogens with one attached hydrogen (secondary N) is 1. The Balaban J connectivity index is 1.45. The van der Waals surface area contributed by atoms with E-state index < -0.39 is 4.92 Å². The maximum atomic E-state index is 12.3. The van der Waals surface area contributed by atoms with Crippen molar-refractivity contribution in [3.63, 3.8) is 0 Å². The Morgan fingerprint density at radius 3 is 2.79 bits per heavy atom. The van der Waals surface area contributed by atoms with Crippen molar-refractivity contribution in [3.05, 3.63) is 74.8 Å². The van der Waals surface area contributed by atoms with Crippen LogP contribution >= 0.6 is 0 Å². The molecule has 1 fully saturated rings. The number of hydrogen-bond acceptors (Lipinski definition) is 9. The molecule has 6 rings (SSSR count). The van der Waals surface area contributed by atoms with Gasteiger partial charge in [-0.2, -0.15) is 0 Å². The Morgan fingerprint density at radius 2 is 1.97 bits per heavy atom. The summed E-state index contributed by atoms with van der Waals surface area (Å²) in [4.78, 5) is 30.2. The summed E-state index contributed by atoms with van der Waals surface area (Å²) in [5.74, 6) is 0.920. The van der Waals surface area contributed by atoms with Crippen molar-refractivity contribution in [2.45, 2.75) is 18.9 Å². The second kappa shape index (κ2) is 7.40. The third kappa shape index (κ3) is 3.20. The van der Waals surface area contributed by atoms with Gasteiger partial charge in [-0.25, -0.2) is 9.61 Å². The van der Waals surface area contributed by atoms with E-state index in [1.807, 2.05) is 10.6 Å². The van der Waals surface area contributed by atoms with Crippen LogP contribution in [-0.2, 0) is 6.54 Å². The fourth-order valence-electron chi connectivity index (χ4n) is 5.10. The summed E-state index contributed by atoms with van der Waals surface area (Å²) in [6, 6.07) is 12.4. The lowest BCUT2D eigenvalue weighted by atomic mass is 9.83. The van der Waals surface area contributed by atoms with Gasteiger partial charge in [-0.15, -0.1) is 0 Å². The number of hydrogen-bond donors (Lipinski definition) is 1. The molecule has 2 bridgehead atoms. The summed E-state index contributed by atoms with van der Waals surface area (Å²) >= 11 is 0. The second-order valence-electron chi connectivity index (χ2n) is 8.45. The minimum absolute atomic E-state index is 0.0240. The van der Waals surface area contributed by atoms with Crippen LogP contribution in [0.25, 0.3) is 11.0 Å². The van der Waals surface area contributed by atoms with E-state index in [-0.39, 0.29) is 34.3 Å². The highest BCUT2D eigenvalue weighted by Crippen LogP contribution is 2.43. The van der Waals surface area contributed by atoms with E-state index in [4.69, 9.17) is 4.63 Å². The molecule has 0 spiro atoms. The zero-order chi connectivity index (χ0) is 22.5. The Hall–Kier alpha value is -4.28. The maximum absolute atomic E-state index is 12.3. The number of anilines is 3. The number of nitro groups is 1. The number of nitro benzene ring substituents is 1. The normalized spacial score (nSPS) is 19.3. The van der Waals surface area contributed by atoms with Gasteiger partial charge in [0.15, 0.2) is 5.52 Å². The molecular formula is C22H19N7O4. The number of fused-ring (bicyclic) bond motifs is 5. The molecule has 0 saturated carbocycles. The molecule has 33 heavy (non-hydrogen) atoms. The zero-order valence-electron chi connectivity index (χ0n) is 17.4. The summed E-state index contributed by atoms with van der Waals surface area (Å²) < 4.78 is 6.81. The van der Waals surface area contributed by atoms with Gasteiger partial charge >= 0.3 is 5.69 Å². The van der Waals surface area contributed by atoms with Gasteiger partial charge in [-0.05, 0) is 46.9 Å². The molecule has 2 atom stereocenters. The van der Waals surface area contributed by atoms with Crippen LogP contribution in [0.2, 0.25) is 0 Å². The van der Waals surface area contributed by atoms with E-state index in [0.717, 1.165) is 12.1 Å². The van der Waals surface area contributed by atoms with Crippen LogP contribution in [0.3, 0.4) is 0 Å². The van der Waals surface area contributed by atoms with Gasteiger partial charge in [0.1, 0.15) is 11.5 Å². The number of benzene rings is 1. The molecule has 5 heterocycles. The number of pyridine rings is 2. The second-order valence-corrected chi connectivity index (χ2v) is 8.45. The molecule has 1 aromatic carbocycles. The molecule has 1 saturated heterocycles. The van der Waals surface area contributed by atoms with Gasteiger partial charge in [0, 0.05) is 43.5 Å². The lowest BCUT2D eigenvalue weighted by Crippen LogP contribution is -2.47. The van der Waals surface area contributed by atoms with Crippen LogP contribution in [0.15, 0.2) is 58.1 Å². The van der Waals surface area contributed by atoms with Gasteiger partial charge < -0.3 is 14.8 Å². The molecule has 4 aromatic rings. The van der Waals surface area contributed by atoms with Crippen LogP contribution in [0, 0.1) is 16.0 Å². The van der Waals surface area contributed by atoms with Gasteiger partial charge in [0.25, 0.3) is 5.56 Å². The van der Waals surface area contributed by atoms with Crippen molar-refractivity contribution in [2.24, 2.45) is 5.92 Å². The van der Waals surface area contributed by atoms with E-state index in [1.54, 1.807) is 42.6 Å². The van der Waals surface area contributed by atoms with Crippen molar-refractivity contribution < 1.29 is 9.55 Å². The highest BCUT2D eigenvalue weighted by Gasteiger charge is 2.37. The first-order valence-electron chi connectivity index (χ1n) is 10.6. The van der Waals surface area contributed by atoms with E-state index in [1.165, 1.54) is 0 Å². The van der Waals surface area contributed by atoms with Gasteiger partial charge in [0.05, 0.1) is 10.6 Å². The maximum Gasteiger partial charge on any atom is 0.324 e. The zero-order valence-corrected chi connectivity index (χ0v) is 17.4. The Labute approximate surface area is 186 Å². The fourth-order valence-corrected chi connectivity index (χ4v) is 5.10. The van der Waals surface area contributed by atoms with Crippen LogP contribution in [0.4, 0.5) is 22.9 Å². The van der Waals surface area contributed by atoms with E-state index in [9.17, 15) is 14.9 Å². The molecule has 11 heteroatoms. The minimum atomic E-state index is -0.491. The standard InChI is InChI=1S/C22H19N7O4/c30-19-6-3-4-16-14-8-13(11-28(16)19)10-27(12-14)17-9-15(24-18-5-1-2-7-23-18)22(29(31)32)21-20(17)25-33-26-21/h1-7,9,13-14H,8,10-12H2,(H,23,24). The number of nitrogens with zero attached hydrogens (tertiary/aromatic N) is 6. The molecule has 0 amide bonds. The number of rotatable bonds is 4. The van der Waals surface area contributed by atoms with Crippen molar-refractivity contribution >= 4 is 33.9 Å². The van der Waals surface area contributed by atoms with Crippen LogP contribution in [0.5, 0.6) is 0 Å². The highest BCUT2D eigenvalue weighted by molar-refractivity contribution is 6.00. The summed E-state index contributed by atoms with van der Waals surface area (Å²) in [6.45, 7) is 2.00. The molecule has 2 aliphatic heterocycles. The molecule has 0 radical (unpaired) electrons. The largest absolute Gasteiger partial charge is 0.369 e. The Bertz CT molecular complexity index is 1430. The Kier molecular flexibility index (Phi) is 4.35. The summed E-state index contributed by atoms with van der Waals surface area (Å²) in [6.07, 6.45) is 2.60. The molecule has 166 valence electrons. The predicted molar refractivity (Wildman–Crippen MR) is 120 cm³/mol. The minimum Gasteiger partial charge on any atom is -0.369 e. The molecular weight excluding hydrogens is 426 g/mol. The summed E-state index contributed by atoms with van der Waals surface area (Å²) in [5, 5.41) is 22.8. The van der Waals surface area contributed by atoms with Gasteiger partial charge in [-0.3, -0.25) is 14.9 Å². The lowest BCUT2D eigenvalue weighted by molar-refractivity contribution is -0.382. The molecule has 11 nitrogen and oxygen atoms in total. The van der Waals surface area contributed by atoms with Crippen molar-refractivity contribution in [1.82, 2.24) is 19.9 Å². The van der Waals surface area contributed by atoms with E-state index in [2.05, 4.69) is 25.5 Å². The monoisotopic (exact) mass is 445 g/mol. The average Bonchev–Trinajstić information content (AvgIpc) is 3.29. The number of piperidine rings is 1. The highest BCUT2D eigenvalue weighted by atomic mass is 16.6. The number of aromatic nitrogens is 4. The Morgan fingerprint density at radius 1 is 1.09 bits per heavy atom.